The van der Waals surface area contributed by atoms with Crippen LogP contribution in [0.5, 0.6) is 0 Å². The maximum atomic E-state index is 6.11. The van der Waals surface area contributed by atoms with Crippen LogP contribution in [0.2, 0.25) is 0 Å². The molecule has 0 amide bonds. The Morgan fingerprint density at radius 2 is 1.55 bits per heavy atom. The number of hydrogen-bond donors (Lipinski definition) is 0. The Bertz CT molecular complexity index is 1440. The van der Waals surface area contributed by atoms with Gasteiger partial charge in [0.2, 0.25) is 0 Å². The van der Waals surface area contributed by atoms with Crippen LogP contribution in [0, 0.1) is 0 Å². The maximum Gasteiger partial charge on any atom is 0.135 e. The molecule has 0 radical (unpaired) electrons. The fourth-order valence-corrected chi connectivity index (χ4v) is 3.93. The summed E-state index contributed by atoms with van der Waals surface area (Å²) in [6.07, 6.45) is 8.08. The Kier molecular flexibility index (Phi) is 4.97. The van der Waals surface area contributed by atoms with Gasteiger partial charge in [0.05, 0.1) is 5.69 Å². The molecule has 0 N–H and O–H groups in total. The Morgan fingerprint density at radius 1 is 0.774 bits per heavy atom. The van der Waals surface area contributed by atoms with E-state index in [0.717, 1.165) is 33.2 Å². The van der Waals surface area contributed by atoms with E-state index < -0.39 is 0 Å². The highest BCUT2D eigenvalue weighted by Gasteiger charge is 2.10. The summed E-state index contributed by atoms with van der Waals surface area (Å²) in [4.78, 5) is 4.49. The van der Waals surface area contributed by atoms with Gasteiger partial charge in [0.15, 0.2) is 0 Å². The van der Waals surface area contributed by atoms with Gasteiger partial charge in [-0.15, -0.1) is 0 Å². The molecule has 2 heteroatoms. The van der Waals surface area contributed by atoms with Crippen LogP contribution in [0.1, 0.15) is 19.4 Å². The number of furan rings is 1. The van der Waals surface area contributed by atoms with E-state index in [9.17, 15) is 0 Å². The Hall–Kier alpha value is -3.91. The van der Waals surface area contributed by atoms with E-state index in [1.807, 2.05) is 37.4 Å². The van der Waals surface area contributed by atoms with Gasteiger partial charge in [-0.25, -0.2) is 0 Å². The molecule has 2 heterocycles. The normalized spacial score (nSPS) is 12.3. The standard InChI is InChI=1S/C29H23NO/c1-3-4-8-20(2)21-12-14-28-25(18-21)26-19-23(13-15-29(26)31-28)22-9-7-10-24(17-22)27-11-5-6-16-30-27/h3-19H,1-2H3/b4-3-,20-8+. The fourth-order valence-electron chi connectivity index (χ4n) is 3.93. The molecular formula is C29H23NO. The fraction of sp³-hybridized carbons (Fsp3) is 0.0690. The maximum absolute atomic E-state index is 6.11. The van der Waals surface area contributed by atoms with Crippen molar-refractivity contribution < 1.29 is 4.42 Å². The smallest absolute Gasteiger partial charge is 0.135 e. The number of aromatic nitrogens is 1. The summed E-state index contributed by atoms with van der Waals surface area (Å²) in [5.74, 6) is 0. The monoisotopic (exact) mass is 401 g/mol. The minimum Gasteiger partial charge on any atom is -0.456 e. The minimum absolute atomic E-state index is 0.909. The third-order valence-corrected chi connectivity index (χ3v) is 5.62. The van der Waals surface area contributed by atoms with Crippen LogP contribution in [0.15, 0.2) is 108 Å². The summed E-state index contributed by atoms with van der Waals surface area (Å²) in [6.45, 7) is 4.17. The van der Waals surface area contributed by atoms with Crippen LogP contribution in [0.4, 0.5) is 0 Å². The van der Waals surface area contributed by atoms with Crippen molar-refractivity contribution in [2.75, 3.05) is 0 Å². The number of nitrogens with zero attached hydrogens (tertiary/aromatic N) is 1. The van der Waals surface area contributed by atoms with E-state index in [4.69, 9.17) is 4.42 Å². The summed E-state index contributed by atoms with van der Waals surface area (Å²) in [5.41, 5.74) is 8.68. The second kappa shape index (κ2) is 8.08. The van der Waals surface area contributed by atoms with Crippen molar-refractivity contribution in [2.45, 2.75) is 13.8 Å². The number of pyridine rings is 1. The van der Waals surface area contributed by atoms with Crippen molar-refractivity contribution in [1.82, 2.24) is 4.98 Å². The van der Waals surface area contributed by atoms with Crippen molar-refractivity contribution in [2.24, 2.45) is 0 Å². The zero-order valence-corrected chi connectivity index (χ0v) is 17.7. The minimum atomic E-state index is 0.909. The summed E-state index contributed by atoms with van der Waals surface area (Å²) in [5, 5.41) is 2.28. The lowest BCUT2D eigenvalue weighted by Gasteiger charge is -2.06. The van der Waals surface area contributed by atoms with Gasteiger partial charge in [0.25, 0.3) is 0 Å². The molecule has 2 nitrogen and oxygen atoms in total. The van der Waals surface area contributed by atoms with Gasteiger partial charge in [-0.1, -0.05) is 54.6 Å². The molecule has 0 aliphatic rings. The van der Waals surface area contributed by atoms with E-state index >= 15 is 0 Å². The second-order valence-corrected chi connectivity index (χ2v) is 7.70. The average Bonchev–Trinajstić information content (AvgIpc) is 3.20. The highest BCUT2D eigenvalue weighted by molar-refractivity contribution is 6.07. The van der Waals surface area contributed by atoms with Gasteiger partial charge >= 0.3 is 0 Å². The Balaban J connectivity index is 1.62. The number of fused-ring (bicyclic) bond motifs is 3. The highest BCUT2D eigenvalue weighted by Crippen LogP contribution is 2.34. The van der Waals surface area contributed by atoms with Gasteiger partial charge in [0, 0.05) is 22.5 Å². The lowest BCUT2D eigenvalue weighted by atomic mass is 9.99. The van der Waals surface area contributed by atoms with Crippen LogP contribution in [0.3, 0.4) is 0 Å². The SMILES string of the molecule is C/C=C\C=C(/C)c1ccc2oc3ccc(-c4cccc(-c5ccccn5)c4)cc3c2c1. The first kappa shape index (κ1) is 19.1. The third kappa shape index (κ3) is 3.69. The summed E-state index contributed by atoms with van der Waals surface area (Å²) < 4.78 is 6.11. The molecular weight excluding hydrogens is 378 g/mol. The van der Waals surface area contributed by atoms with Crippen molar-refractivity contribution in [3.8, 4) is 22.4 Å². The largest absolute Gasteiger partial charge is 0.456 e. The summed E-state index contributed by atoms with van der Waals surface area (Å²) >= 11 is 0. The summed E-state index contributed by atoms with van der Waals surface area (Å²) in [7, 11) is 0. The van der Waals surface area contributed by atoms with Gasteiger partial charge in [-0.3, -0.25) is 4.98 Å². The molecule has 0 atom stereocenters. The predicted molar refractivity (Wildman–Crippen MR) is 131 cm³/mol. The first-order valence-electron chi connectivity index (χ1n) is 10.5. The number of rotatable bonds is 4. The van der Waals surface area contributed by atoms with E-state index in [0.29, 0.717) is 0 Å². The van der Waals surface area contributed by atoms with Gasteiger partial charge in [-0.2, -0.15) is 0 Å². The molecule has 0 saturated carbocycles. The topological polar surface area (TPSA) is 26.0 Å². The second-order valence-electron chi connectivity index (χ2n) is 7.70. The average molecular weight is 402 g/mol. The van der Waals surface area contributed by atoms with Crippen molar-refractivity contribution in [3.63, 3.8) is 0 Å². The molecule has 0 spiro atoms. The number of allylic oxidation sites excluding steroid dienone is 4. The first-order valence-corrected chi connectivity index (χ1v) is 10.5. The molecule has 0 fully saturated rings. The van der Waals surface area contributed by atoms with Crippen LogP contribution < -0.4 is 0 Å². The lowest BCUT2D eigenvalue weighted by Crippen LogP contribution is -1.84. The van der Waals surface area contributed by atoms with Gasteiger partial charge < -0.3 is 4.42 Å². The number of hydrogen-bond acceptors (Lipinski definition) is 2. The number of benzene rings is 3. The molecule has 0 bridgehead atoms. The predicted octanol–water partition coefficient (Wildman–Crippen LogP) is 8.29. The summed E-state index contributed by atoms with van der Waals surface area (Å²) in [6, 6.07) is 27.4. The van der Waals surface area contributed by atoms with E-state index in [-0.39, 0.29) is 0 Å². The zero-order chi connectivity index (χ0) is 21.2. The quantitative estimate of drug-likeness (QED) is 0.283. The molecule has 31 heavy (non-hydrogen) atoms. The molecule has 5 aromatic rings. The van der Waals surface area contributed by atoms with Gasteiger partial charge in [-0.05, 0) is 78.6 Å². The third-order valence-electron chi connectivity index (χ3n) is 5.62. The molecule has 0 aliphatic carbocycles. The van der Waals surface area contributed by atoms with Crippen LogP contribution >= 0.6 is 0 Å². The van der Waals surface area contributed by atoms with Crippen LogP contribution in [-0.4, -0.2) is 4.98 Å². The van der Waals surface area contributed by atoms with Crippen molar-refractivity contribution in [1.29, 1.82) is 0 Å². The first-order chi connectivity index (χ1) is 15.2. The van der Waals surface area contributed by atoms with Crippen molar-refractivity contribution in [3.05, 3.63) is 109 Å². The lowest BCUT2D eigenvalue weighted by molar-refractivity contribution is 0.669. The molecule has 5 rings (SSSR count). The Labute approximate surface area is 182 Å². The van der Waals surface area contributed by atoms with Crippen LogP contribution in [-0.2, 0) is 0 Å². The van der Waals surface area contributed by atoms with E-state index in [1.54, 1.807) is 0 Å². The molecule has 0 aliphatic heterocycles. The highest BCUT2D eigenvalue weighted by atomic mass is 16.3. The van der Waals surface area contributed by atoms with Crippen LogP contribution in [0.25, 0.3) is 49.9 Å². The Morgan fingerprint density at radius 3 is 2.35 bits per heavy atom. The van der Waals surface area contributed by atoms with Crippen molar-refractivity contribution >= 4 is 27.5 Å². The molecule has 0 unspecified atom stereocenters. The van der Waals surface area contributed by atoms with Gasteiger partial charge in [0.1, 0.15) is 11.2 Å². The molecule has 0 saturated heterocycles. The van der Waals surface area contributed by atoms with E-state index in [1.165, 1.54) is 22.3 Å². The van der Waals surface area contributed by atoms with E-state index in [2.05, 4.69) is 84.7 Å². The molecule has 150 valence electrons. The zero-order valence-electron chi connectivity index (χ0n) is 17.7. The molecule has 3 aromatic carbocycles. The molecule has 2 aromatic heterocycles.